The van der Waals surface area contributed by atoms with Gasteiger partial charge in [0.25, 0.3) is 0 Å². The van der Waals surface area contributed by atoms with Crippen LogP contribution in [0.3, 0.4) is 0 Å². The monoisotopic (exact) mass is 326 g/mol. The molecule has 1 fully saturated rings. The first-order valence-electron chi connectivity index (χ1n) is 7.16. The Morgan fingerprint density at radius 3 is 2.39 bits per heavy atom. The summed E-state index contributed by atoms with van der Waals surface area (Å²) >= 11 is 0. The number of carbonyl (C=O) groups is 2. The van der Waals surface area contributed by atoms with Crippen molar-refractivity contribution in [3.8, 4) is 0 Å². The Morgan fingerprint density at radius 1 is 1.26 bits per heavy atom. The molecule has 0 radical (unpaired) electrons. The molecular formula is C14H19FN4O4. The number of carboxylic acids is 1. The lowest BCUT2D eigenvalue weighted by Crippen LogP contribution is -2.50. The van der Waals surface area contributed by atoms with Gasteiger partial charge in [-0.3, -0.25) is 0 Å². The third-order valence-electron chi connectivity index (χ3n) is 3.15. The fraction of sp³-hybridized carbons (Fsp3) is 0.571. The van der Waals surface area contributed by atoms with Crippen LogP contribution in [0.15, 0.2) is 6.20 Å². The molecule has 0 aromatic carbocycles. The van der Waals surface area contributed by atoms with Crippen molar-refractivity contribution < 1.29 is 23.8 Å². The number of hydrogen-bond donors (Lipinski definition) is 1. The molecule has 0 saturated carbocycles. The summed E-state index contributed by atoms with van der Waals surface area (Å²) in [6, 6.07) is 0. The normalized spacial score (nSPS) is 15.5. The lowest BCUT2D eigenvalue weighted by molar-refractivity contribution is 0.0240. The number of aromatic carboxylic acids is 1. The Labute approximate surface area is 132 Å². The van der Waals surface area contributed by atoms with E-state index >= 15 is 0 Å². The number of aromatic nitrogens is 2. The van der Waals surface area contributed by atoms with E-state index in [9.17, 15) is 14.0 Å². The van der Waals surface area contributed by atoms with Gasteiger partial charge in [0.2, 0.25) is 5.82 Å². The van der Waals surface area contributed by atoms with Crippen LogP contribution in [-0.4, -0.2) is 63.8 Å². The van der Waals surface area contributed by atoms with Crippen molar-refractivity contribution in [1.29, 1.82) is 0 Å². The smallest absolute Gasteiger partial charge is 0.410 e. The highest BCUT2D eigenvalue weighted by molar-refractivity contribution is 5.83. The Bertz CT molecular complexity index is 609. The van der Waals surface area contributed by atoms with E-state index in [0.29, 0.717) is 26.2 Å². The van der Waals surface area contributed by atoms with Gasteiger partial charge in [-0.15, -0.1) is 0 Å². The molecule has 1 aromatic heterocycles. The summed E-state index contributed by atoms with van der Waals surface area (Å²) in [6.45, 7) is 6.67. The highest BCUT2D eigenvalue weighted by Gasteiger charge is 2.27. The topological polar surface area (TPSA) is 95.9 Å². The molecule has 0 unspecified atom stereocenters. The van der Waals surface area contributed by atoms with Gasteiger partial charge in [-0.05, 0) is 20.8 Å². The molecule has 1 aromatic rings. The predicted molar refractivity (Wildman–Crippen MR) is 79.0 cm³/mol. The Balaban J connectivity index is 2.03. The molecule has 0 bridgehead atoms. The van der Waals surface area contributed by atoms with Gasteiger partial charge in [0.05, 0.1) is 6.20 Å². The van der Waals surface area contributed by atoms with Crippen LogP contribution >= 0.6 is 0 Å². The number of halogens is 1. The zero-order chi connectivity index (χ0) is 17.2. The minimum atomic E-state index is -1.32. The molecule has 1 saturated heterocycles. The van der Waals surface area contributed by atoms with E-state index in [4.69, 9.17) is 9.84 Å². The van der Waals surface area contributed by atoms with Crippen LogP contribution in [-0.2, 0) is 4.74 Å². The van der Waals surface area contributed by atoms with Crippen molar-refractivity contribution in [2.24, 2.45) is 0 Å². The Hall–Kier alpha value is -2.45. The average molecular weight is 326 g/mol. The van der Waals surface area contributed by atoms with E-state index in [-0.39, 0.29) is 5.82 Å². The second-order valence-corrected chi connectivity index (χ2v) is 6.12. The second kappa shape index (κ2) is 6.35. The standard InChI is InChI=1S/C14H19FN4O4/c1-14(2,3)23-13(22)19-6-4-18(5-7-19)11-9(15)8-16-10(17-11)12(20)21/h8H,4-7H2,1-3H3,(H,20,21). The summed E-state index contributed by atoms with van der Waals surface area (Å²) in [7, 11) is 0. The van der Waals surface area contributed by atoms with Gasteiger partial charge in [0, 0.05) is 26.2 Å². The van der Waals surface area contributed by atoms with Crippen LogP contribution in [0.4, 0.5) is 15.0 Å². The molecule has 23 heavy (non-hydrogen) atoms. The third kappa shape index (κ3) is 4.27. The number of piperazine rings is 1. The molecule has 1 amide bonds. The summed E-state index contributed by atoms with van der Waals surface area (Å²) in [4.78, 5) is 33.1. The van der Waals surface area contributed by atoms with Gasteiger partial charge in [0.15, 0.2) is 11.6 Å². The van der Waals surface area contributed by atoms with E-state index < -0.39 is 29.3 Å². The number of carbonyl (C=O) groups excluding carboxylic acids is 1. The maximum absolute atomic E-state index is 13.8. The second-order valence-electron chi connectivity index (χ2n) is 6.12. The van der Waals surface area contributed by atoms with E-state index in [1.165, 1.54) is 4.90 Å². The molecule has 1 N–H and O–H groups in total. The van der Waals surface area contributed by atoms with Crippen molar-refractivity contribution in [3.63, 3.8) is 0 Å². The van der Waals surface area contributed by atoms with Crippen LogP contribution in [0.1, 0.15) is 31.4 Å². The molecular weight excluding hydrogens is 307 g/mol. The lowest BCUT2D eigenvalue weighted by atomic mass is 10.2. The third-order valence-corrected chi connectivity index (χ3v) is 3.15. The minimum Gasteiger partial charge on any atom is -0.475 e. The molecule has 1 aliphatic heterocycles. The van der Waals surface area contributed by atoms with Crippen LogP contribution in [0, 0.1) is 5.82 Å². The van der Waals surface area contributed by atoms with Gasteiger partial charge in [0.1, 0.15) is 5.60 Å². The van der Waals surface area contributed by atoms with Gasteiger partial charge < -0.3 is 19.6 Å². The first-order chi connectivity index (χ1) is 10.7. The largest absolute Gasteiger partial charge is 0.475 e. The summed E-state index contributed by atoms with van der Waals surface area (Å²) in [5.74, 6) is -2.54. The minimum absolute atomic E-state index is 0.0683. The van der Waals surface area contributed by atoms with Gasteiger partial charge in [-0.2, -0.15) is 0 Å². The van der Waals surface area contributed by atoms with E-state index in [0.717, 1.165) is 6.20 Å². The van der Waals surface area contributed by atoms with Gasteiger partial charge in [-0.25, -0.2) is 23.9 Å². The van der Waals surface area contributed by atoms with Crippen LogP contribution in [0.5, 0.6) is 0 Å². The summed E-state index contributed by atoms with van der Waals surface area (Å²) in [6.07, 6.45) is 0.415. The maximum atomic E-state index is 13.8. The maximum Gasteiger partial charge on any atom is 0.410 e. The molecule has 0 spiro atoms. The Morgan fingerprint density at radius 2 is 1.87 bits per heavy atom. The highest BCUT2D eigenvalue weighted by atomic mass is 19.1. The van der Waals surface area contributed by atoms with Gasteiger partial charge in [-0.1, -0.05) is 0 Å². The SMILES string of the molecule is CC(C)(C)OC(=O)N1CCN(c2nc(C(=O)O)ncc2F)CC1. The number of nitrogens with zero attached hydrogens (tertiary/aromatic N) is 4. The van der Waals surface area contributed by atoms with Crippen molar-refractivity contribution in [2.75, 3.05) is 31.1 Å². The molecule has 2 rings (SSSR count). The summed E-state index contributed by atoms with van der Waals surface area (Å²) < 4.78 is 19.1. The first kappa shape index (κ1) is 16.9. The van der Waals surface area contributed by atoms with E-state index in [1.54, 1.807) is 25.7 Å². The average Bonchev–Trinajstić information content (AvgIpc) is 2.46. The van der Waals surface area contributed by atoms with E-state index in [2.05, 4.69) is 9.97 Å². The quantitative estimate of drug-likeness (QED) is 0.877. The van der Waals surface area contributed by atoms with Crippen LogP contribution < -0.4 is 4.90 Å². The number of hydrogen-bond acceptors (Lipinski definition) is 6. The fourth-order valence-corrected chi connectivity index (χ4v) is 2.11. The number of amides is 1. The molecule has 0 aliphatic carbocycles. The molecule has 9 heteroatoms. The molecule has 1 aliphatic rings. The first-order valence-corrected chi connectivity index (χ1v) is 7.16. The summed E-state index contributed by atoms with van der Waals surface area (Å²) in [5.41, 5.74) is -0.580. The molecule has 0 atom stereocenters. The van der Waals surface area contributed by atoms with Crippen molar-refractivity contribution in [1.82, 2.24) is 14.9 Å². The van der Waals surface area contributed by atoms with Gasteiger partial charge >= 0.3 is 12.1 Å². The van der Waals surface area contributed by atoms with Crippen molar-refractivity contribution in [2.45, 2.75) is 26.4 Å². The van der Waals surface area contributed by atoms with Crippen molar-refractivity contribution >= 4 is 17.9 Å². The highest BCUT2D eigenvalue weighted by Crippen LogP contribution is 2.19. The zero-order valence-electron chi connectivity index (χ0n) is 13.2. The fourth-order valence-electron chi connectivity index (χ4n) is 2.11. The number of carboxylic acid groups (broad SMARTS) is 1. The zero-order valence-corrected chi connectivity index (χ0v) is 13.2. The number of anilines is 1. The predicted octanol–water partition coefficient (Wildman–Crippen LogP) is 1.37. The molecule has 8 nitrogen and oxygen atoms in total. The number of rotatable bonds is 2. The number of ether oxygens (including phenoxy) is 1. The van der Waals surface area contributed by atoms with E-state index in [1.807, 2.05) is 0 Å². The Kier molecular flexibility index (Phi) is 4.67. The lowest BCUT2D eigenvalue weighted by Gasteiger charge is -2.36. The van der Waals surface area contributed by atoms with Crippen LogP contribution in [0.2, 0.25) is 0 Å². The van der Waals surface area contributed by atoms with Crippen LogP contribution in [0.25, 0.3) is 0 Å². The molecule has 126 valence electrons. The van der Waals surface area contributed by atoms with Crippen molar-refractivity contribution in [3.05, 3.63) is 17.8 Å². The molecule has 2 heterocycles. The summed E-state index contributed by atoms with van der Waals surface area (Å²) in [5, 5.41) is 8.89.